The number of anilines is 2. The van der Waals surface area contributed by atoms with E-state index in [0.717, 1.165) is 11.3 Å². The molecule has 0 atom stereocenters. The Morgan fingerprint density at radius 1 is 1.26 bits per heavy atom. The van der Waals surface area contributed by atoms with Crippen molar-refractivity contribution >= 4 is 44.1 Å². The maximum Gasteiger partial charge on any atom is 0.315 e. The van der Waals surface area contributed by atoms with Crippen molar-refractivity contribution in [3.8, 4) is 0 Å². The van der Waals surface area contributed by atoms with Crippen molar-refractivity contribution in [3.63, 3.8) is 0 Å². The summed E-state index contributed by atoms with van der Waals surface area (Å²) in [6, 6.07) is 5.52. The molecule has 1 amide bonds. The highest BCUT2D eigenvalue weighted by molar-refractivity contribution is 7.93. The van der Waals surface area contributed by atoms with Crippen LogP contribution in [-0.2, 0) is 24.3 Å². The molecule has 1 heterocycles. The molecule has 2 rings (SSSR count). The molecule has 10 heteroatoms. The Labute approximate surface area is 136 Å². The van der Waals surface area contributed by atoms with Gasteiger partial charge in [-0.15, -0.1) is 11.3 Å². The summed E-state index contributed by atoms with van der Waals surface area (Å²) >= 11 is 1.16. The predicted molar refractivity (Wildman–Crippen MR) is 84.6 cm³/mol. The zero-order valence-electron chi connectivity index (χ0n) is 12.0. The molecule has 0 saturated heterocycles. The molecule has 0 radical (unpaired) electrons. The summed E-state index contributed by atoms with van der Waals surface area (Å²) in [5, 5.41) is 4.38. The van der Waals surface area contributed by atoms with Gasteiger partial charge in [0.25, 0.3) is 10.0 Å². The molecule has 0 fully saturated rings. The van der Waals surface area contributed by atoms with Gasteiger partial charge >= 0.3 is 5.97 Å². The predicted octanol–water partition coefficient (Wildman–Crippen LogP) is 1.45. The number of thiazole rings is 1. The lowest BCUT2D eigenvalue weighted by atomic mass is 10.3. The molecular weight excluding hydrogens is 342 g/mol. The largest absolute Gasteiger partial charge is 0.469 e. The number of sulfonamides is 1. The first-order valence-electron chi connectivity index (χ1n) is 6.30. The number of hydrogen-bond acceptors (Lipinski definition) is 7. The van der Waals surface area contributed by atoms with E-state index < -0.39 is 28.3 Å². The monoisotopic (exact) mass is 355 g/mol. The summed E-state index contributed by atoms with van der Waals surface area (Å²) in [7, 11) is -2.56. The minimum absolute atomic E-state index is 0.0265. The van der Waals surface area contributed by atoms with E-state index in [1.165, 1.54) is 37.6 Å². The number of ether oxygens (including phenoxy) is 1. The average Bonchev–Trinajstić information content (AvgIpc) is 2.99. The van der Waals surface area contributed by atoms with Gasteiger partial charge in [-0.3, -0.25) is 14.3 Å². The molecule has 0 bridgehead atoms. The maximum absolute atomic E-state index is 12.1. The third-order valence-electron chi connectivity index (χ3n) is 2.63. The number of rotatable bonds is 6. The molecule has 0 aliphatic rings. The van der Waals surface area contributed by atoms with E-state index in [4.69, 9.17) is 0 Å². The molecule has 2 aromatic rings. The van der Waals surface area contributed by atoms with Gasteiger partial charge in [0, 0.05) is 17.3 Å². The Morgan fingerprint density at radius 3 is 2.52 bits per heavy atom. The summed E-state index contributed by atoms with van der Waals surface area (Å²) < 4.78 is 31.0. The van der Waals surface area contributed by atoms with Crippen LogP contribution in [0.1, 0.15) is 6.42 Å². The standard InChI is InChI=1S/C13H13N3O5S2/c1-21-12(18)8-11(17)15-9-2-4-10(5-3-9)23(19,20)16-13-14-6-7-22-13/h2-7H,8H2,1H3,(H,14,16)(H,15,17). The van der Waals surface area contributed by atoms with E-state index in [-0.39, 0.29) is 10.0 Å². The number of amides is 1. The second-order valence-corrected chi connectivity index (χ2v) is 6.85. The van der Waals surface area contributed by atoms with Crippen LogP contribution in [0, 0.1) is 0 Å². The molecular formula is C13H13N3O5S2. The Morgan fingerprint density at radius 2 is 1.96 bits per heavy atom. The van der Waals surface area contributed by atoms with E-state index in [0.29, 0.717) is 5.69 Å². The van der Waals surface area contributed by atoms with Crippen LogP contribution in [0.3, 0.4) is 0 Å². The van der Waals surface area contributed by atoms with Gasteiger partial charge in [0.15, 0.2) is 5.13 Å². The van der Waals surface area contributed by atoms with Gasteiger partial charge in [0.2, 0.25) is 5.91 Å². The number of aromatic nitrogens is 1. The van der Waals surface area contributed by atoms with Crippen LogP contribution in [0.5, 0.6) is 0 Å². The summed E-state index contributed by atoms with van der Waals surface area (Å²) in [5.74, 6) is -1.21. The average molecular weight is 355 g/mol. The van der Waals surface area contributed by atoms with Crippen LogP contribution >= 0.6 is 11.3 Å². The zero-order valence-corrected chi connectivity index (χ0v) is 13.6. The molecule has 0 aliphatic heterocycles. The molecule has 23 heavy (non-hydrogen) atoms. The smallest absolute Gasteiger partial charge is 0.315 e. The fourth-order valence-corrected chi connectivity index (χ4v) is 3.36. The maximum atomic E-state index is 12.1. The molecule has 0 spiro atoms. The number of benzene rings is 1. The van der Waals surface area contributed by atoms with E-state index >= 15 is 0 Å². The van der Waals surface area contributed by atoms with Gasteiger partial charge in [0.1, 0.15) is 6.42 Å². The van der Waals surface area contributed by atoms with E-state index in [1.807, 2.05) is 0 Å². The summed E-state index contributed by atoms with van der Waals surface area (Å²) in [4.78, 5) is 26.4. The van der Waals surface area contributed by atoms with Crippen LogP contribution in [0.4, 0.5) is 10.8 Å². The van der Waals surface area contributed by atoms with Crippen LogP contribution in [0.25, 0.3) is 0 Å². The van der Waals surface area contributed by atoms with Gasteiger partial charge in [-0.1, -0.05) is 0 Å². The fourth-order valence-electron chi connectivity index (χ4n) is 1.57. The Kier molecular flexibility index (Phi) is 5.29. The zero-order chi connectivity index (χ0) is 16.9. The van der Waals surface area contributed by atoms with Crippen LogP contribution in [0.2, 0.25) is 0 Å². The summed E-state index contributed by atoms with van der Waals surface area (Å²) in [6.07, 6.45) is 1.07. The van der Waals surface area contributed by atoms with Crippen molar-refractivity contribution in [1.29, 1.82) is 0 Å². The molecule has 1 aromatic heterocycles. The second kappa shape index (κ2) is 7.20. The quantitative estimate of drug-likeness (QED) is 0.599. The first kappa shape index (κ1) is 16.9. The van der Waals surface area contributed by atoms with E-state index in [1.54, 1.807) is 5.38 Å². The topological polar surface area (TPSA) is 114 Å². The van der Waals surface area contributed by atoms with Crippen molar-refractivity contribution in [2.75, 3.05) is 17.1 Å². The lowest BCUT2D eigenvalue weighted by Crippen LogP contribution is -2.17. The van der Waals surface area contributed by atoms with Crippen LogP contribution in [-0.4, -0.2) is 32.4 Å². The molecule has 1 aromatic carbocycles. The van der Waals surface area contributed by atoms with Crippen LogP contribution < -0.4 is 10.0 Å². The summed E-state index contributed by atoms with van der Waals surface area (Å²) in [6.45, 7) is 0. The lowest BCUT2D eigenvalue weighted by Gasteiger charge is -2.07. The highest BCUT2D eigenvalue weighted by Crippen LogP contribution is 2.19. The number of carbonyl (C=O) groups is 2. The molecule has 2 N–H and O–H groups in total. The van der Waals surface area contributed by atoms with Gasteiger partial charge in [-0.25, -0.2) is 13.4 Å². The summed E-state index contributed by atoms with van der Waals surface area (Å²) in [5.41, 5.74) is 0.368. The molecule has 0 aliphatic carbocycles. The molecule has 8 nitrogen and oxygen atoms in total. The van der Waals surface area contributed by atoms with E-state index in [2.05, 4.69) is 19.8 Å². The van der Waals surface area contributed by atoms with Crippen molar-refractivity contribution < 1.29 is 22.7 Å². The van der Waals surface area contributed by atoms with Crippen molar-refractivity contribution in [2.45, 2.75) is 11.3 Å². The number of carbonyl (C=O) groups excluding carboxylic acids is 2. The second-order valence-electron chi connectivity index (χ2n) is 4.27. The third-order valence-corrected chi connectivity index (χ3v) is 4.81. The first-order valence-corrected chi connectivity index (χ1v) is 8.66. The van der Waals surface area contributed by atoms with Gasteiger partial charge in [-0.05, 0) is 24.3 Å². The van der Waals surface area contributed by atoms with Crippen molar-refractivity contribution in [3.05, 3.63) is 35.8 Å². The van der Waals surface area contributed by atoms with Gasteiger partial charge in [0.05, 0.1) is 12.0 Å². The fraction of sp³-hybridized carbons (Fsp3) is 0.154. The van der Waals surface area contributed by atoms with Gasteiger partial charge in [-0.2, -0.15) is 0 Å². The lowest BCUT2D eigenvalue weighted by molar-refractivity contribution is -0.142. The minimum atomic E-state index is -3.74. The van der Waals surface area contributed by atoms with Gasteiger partial charge < -0.3 is 10.1 Å². The van der Waals surface area contributed by atoms with E-state index in [9.17, 15) is 18.0 Å². The number of hydrogen-bond donors (Lipinski definition) is 2. The van der Waals surface area contributed by atoms with Crippen LogP contribution in [0.15, 0.2) is 40.7 Å². The first-order chi connectivity index (χ1) is 10.9. The van der Waals surface area contributed by atoms with Crippen molar-refractivity contribution in [2.24, 2.45) is 0 Å². The Balaban J connectivity index is 2.04. The molecule has 122 valence electrons. The molecule has 0 saturated carbocycles. The number of nitrogens with zero attached hydrogens (tertiary/aromatic N) is 1. The number of nitrogens with one attached hydrogen (secondary N) is 2. The minimum Gasteiger partial charge on any atom is -0.469 e. The highest BCUT2D eigenvalue weighted by atomic mass is 32.2. The highest BCUT2D eigenvalue weighted by Gasteiger charge is 2.16. The Hall–Kier alpha value is -2.46. The SMILES string of the molecule is COC(=O)CC(=O)Nc1ccc(S(=O)(=O)Nc2nccs2)cc1. The number of esters is 1. The molecule has 0 unspecified atom stereocenters. The van der Waals surface area contributed by atoms with Crippen molar-refractivity contribution in [1.82, 2.24) is 4.98 Å². The normalized spacial score (nSPS) is 10.8. The third kappa shape index (κ3) is 4.76. The number of methoxy groups -OCH3 is 1. The Bertz CT molecular complexity index is 786.